The van der Waals surface area contributed by atoms with Gasteiger partial charge in [-0.2, -0.15) is 0 Å². The van der Waals surface area contributed by atoms with E-state index in [1.807, 2.05) is 31.2 Å². The smallest absolute Gasteiger partial charge is 0.254 e. The standard InChI is InChI=1S/C22H25NO4/c1-5-18-17(16-9-7-8-10-19(16)27-18)14-23(3)22(24)15-11-12-20(25-4)21(13-15)26-6-2/h7-13H,5-6,14H2,1-4H3. The number of carbonyl (C=O) groups is 1. The van der Waals surface area contributed by atoms with Crippen molar-refractivity contribution in [1.29, 1.82) is 0 Å². The van der Waals surface area contributed by atoms with Crippen LogP contribution in [-0.4, -0.2) is 31.6 Å². The number of para-hydroxylation sites is 1. The van der Waals surface area contributed by atoms with E-state index in [2.05, 4.69) is 6.92 Å². The number of methoxy groups -OCH3 is 1. The van der Waals surface area contributed by atoms with Crippen molar-refractivity contribution >= 4 is 16.9 Å². The fourth-order valence-electron chi connectivity index (χ4n) is 3.22. The summed E-state index contributed by atoms with van der Waals surface area (Å²) in [5.41, 5.74) is 2.48. The van der Waals surface area contributed by atoms with E-state index in [0.29, 0.717) is 30.2 Å². The Balaban J connectivity index is 1.87. The third-order valence-corrected chi connectivity index (χ3v) is 4.56. The summed E-state index contributed by atoms with van der Waals surface area (Å²) in [7, 11) is 3.38. The fourth-order valence-corrected chi connectivity index (χ4v) is 3.22. The second-order valence-electron chi connectivity index (χ2n) is 6.31. The third kappa shape index (κ3) is 3.77. The Bertz CT molecular complexity index is 945. The molecule has 1 heterocycles. The summed E-state index contributed by atoms with van der Waals surface area (Å²) in [6.45, 7) is 4.94. The minimum atomic E-state index is -0.0778. The van der Waals surface area contributed by atoms with Crippen molar-refractivity contribution in [3.63, 3.8) is 0 Å². The molecule has 0 atom stereocenters. The predicted octanol–water partition coefficient (Wildman–Crippen LogP) is 4.67. The maximum atomic E-state index is 13.0. The summed E-state index contributed by atoms with van der Waals surface area (Å²) >= 11 is 0. The molecule has 142 valence electrons. The molecule has 0 fully saturated rings. The molecule has 0 bridgehead atoms. The van der Waals surface area contributed by atoms with E-state index in [1.54, 1.807) is 37.3 Å². The van der Waals surface area contributed by atoms with Crippen LogP contribution in [0.5, 0.6) is 11.5 Å². The van der Waals surface area contributed by atoms with Gasteiger partial charge in [-0.1, -0.05) is 25.1 Å². The zero-order chi connectivity index (χ0) is 19.4. The summed E-state index contributed by atoms with van der Waals surface area (Å²) in [5.74, 6) is 2.03. The first-order chi connectivity index (χ1) is 13.1. The number of ether oxygens (including phenoxy) is 2. The van der Waals surface area contributed by atoms with Gasteiger partial charge in [0, 0.05) is 36.5 Å². The van der Waals surface area contributed by atoms with Gasteiger partial charge < -0.3 is 18.8 Å². The second kappa shape index (κ2) is 8.16. The molecule has 2 aromatic carbocycles. The van der Waals surface area contributed by atoms with Crippen molar-refractivity contribution in [2.24, 2.45) is 0 Å². The number of amides is 1. The van der Waals surface area contributed by atoms with Gasteiger partial charge in [0.1, 0.15) is 11.3 Å². The molecular weight excluding hydrogens is 342 g/mol. The highest BCUT2D eigenvalue weighted by molar-refractivity contribution is 5.95. The minimum Gasteiger partial charge on any atom is -0.493 e. The Morgan fingerprint density at radius 2 is 1.89 bits per heavy atom. The molecule has 5 nitrogen and oxygen atoms in total. The van der Waals surface area contributed by atoms with Crippen LogP contribution in [0.4, 0.5) is 0 Å². The average molecular weight is 367 g/mol. The van der Waals surface area contributed by atoms with Gasteiger partial charge in [0.2, 0.25) is 0 Å². The van der Waals surface area contributed by atoms with Crippen molar-refractivity contribution in [1.82, 2.24) is 4.90 Å². The van der Waals surface area contributed by atoms with Crippen LogP contribution in [0.3, 0.4) is 0 Å². The van der Waals surface area contributed by atoms with E-state index >= 15 is 0 Å². The number of nitrogens with zero attached hydrogens (tertiary/aromatic N) is 1. The monoisotopic (exact) mass is 367 g/mol. The van der Waals surface area contributed by atoms with Crippen LogP contribution in [-0.2, 0) is 13.0 Å². The van der Waals surface area contributed by atoms with Gasteiger partial charge in [-0.15, -0.1) is 0 Å². The number of aryl methyl sites for hydroxylation is 1. The largest absolute Gasteiger partial charge is 0.493 e. The summed E-state index contributed by atoms with van der Waals surface area (Å²) in [6.07, 6.45) is 0.781. The summed E-state index contributed by atoms with van der Waals surface area (Å²) < 4.78 is 16.8. The molecule has 1 aromatic heterocycles. The van der Waals surface area contributed by atoms with Gasteiger partial charge in [-0.3, -0.25) is 4.79 Å². The molecule has 0 spiro atoms. The quantitative estimate of drug-likeness (QED) is 0.609. The van der Waals surface area contributed by atoms with Gasteiger partial charge in [0.05, 0.1) is 13.7 Å². The van der Waals surface area contributed by atoms with E-state index in [1.165, 1.54) is 0 Å². The van der Waals surface area contributed by atoms with Crippen LogP contribution in [0.2, 0.25) is 0 Å². The highest BCUT2D eigenvalue weighted by Crippen LogP contribution is 2.30. The number of hydrogen-bond donors (Lipinski definition) is 0. The molecule has 3 aromatic rings. The Hall–Kier alpha value is -2.95. The van der Waals surface area contributed by atoms with E-state index < -0.39 is 0 Å². The molecule has 0 unspecified atom stereocenters. The molecule has 0 aliphatic rings. The van der Waals surface area contributed by atoms with Crippen LogP contribution in [0, 0.1) is 0 Å². The molecule has 0 aliphatic heterocycles. The highest BCUT2D eigenvalue weighted by Gasteiger charge is 2.19. The molecule has 0 N–H and O–H groups in total. The molecule has 0 saturated carbocycles. The van der Waals surface area contributed by atoms with Crippen LogP contribution in [0.25, 0.3) is 11.0 Å². The lowest BCUT2D eigenvalue weighted by Gasteiger charge is -2.18. The van der Waals surface area contributed by atoms with E-state index in [4.69, 9.17) is 13.9 Å². The lowest BCUT2D eigenvalue weighted by Crippen LogP contribution is -2.26. The van der Waals surface area contributed by atoms with E-state index in [0.717, 1.165) is 28.7 Å². The molecule has 0 radical (unpaired) electrons. The SMILES string of the molecule is CCOc1cc(C(=O)N(C)Cc2c(CC)oc3ccccc23)ccc1OC. The van der Waals surface area contributed by atoms with Gasteiger partial charge >= 0.3 is 0 Å². The normalized spacial score (nSPS) is 10.8. The topological polar surface area (TPSA) is 51.9 Å². The average Bonchev–Trinajstić information content (AvgIpc) is 3.05. The Labute approximate surface area is 159 Å². The van der Waals surface area contributed by atoms with Crippen LogP contribution in [0.15, 0.2) is 46.9 Å². The van der Waals surface area contributed by atoms with Crippen LogP contribution < -0.4 is 9.47 Å². The molecular formula is C22H25NO4. The fraction of sp³-hybridized carbons (Fsp3) is 0.318. The molecule has 3 rings (SSSR count). The Morgan fingerprint density at radius 1 is 1.11 bits per heavy atom. The molecule has 0 aliphatic carbocycles. The maximum absolute atomic E-state index is 13.0. The summed E-state index contributed by atoms with van der Waals surface area (Å²) in [6, 6.07) is 13.2. The molecule has 1 amide bonds. The maximum Gasteiger partial charge on any atom is 0.254 e. The lowest BCUT2D eigenvalue weighted by atomic mass is 10.1. The van der Waals surface area contributed by atoms with Crippen molar-refractivity contribution < 1.29 is 18.7 Å². The van der Waals surface area contributed by atoms with E-state index in [9.17, 15) is 4.79 Å². The molecule has 5 heteroatoms. The van der Waals surface area contributed by atoms with Crippen molar-refractivity contribution in [2.45, 2.75) is 26.8 Å². The van der Waals surface area contributed by atoms with Gasteiger partial charge in [-0.05, 0) is 31.2 Å². The lowest BCUT2D eigenvalue weighted by molar-refractivity contribution is 0.0784. The predicted molar refractivity (Wildman–Crippen MR) is 106 cm³/mol. The molecule has 0 saturated heterocycles. The number of furan rings is 1. The highest BCUT2D eigenvalue weighted by atomic mass is 16.5. The Kier molecular flexibility index (Phi) is 5.69. The van der Waals surface area contributed by atoms with E-state index in [-0.39, 0.29) is 5.91 Å². The number of fused-ring (bicyclic) bond motifs is 1. The Morgan fingerprint density at radius 3 is 2.59 bits per heavy atom. The first-order valence-corrected chi connectivity index (χ1v) is 9.14. The molecule has 27 heavy (non-hydrogen) atoms. The first kappa shape index (κ1) is 18.8. The van der Waals surface area contributed by atoms with Crippen molar-refractivity contribution in [2.75, 3.05) is 20.8 Å². The van der Waals surface area contributed by atoms with Gasteiger partial charge in [-0.25, -0.2) is 0 Å². The van der Waals surface area contributed by atoms with Gasteiger partial charge in [0.15, 0.2) is 11.5 Å². The summed E-state index contributed by atoms with van der Waals surface area (Å²) in [5, 5.41) is 1.05. The number of carbonyl (C=O) groups excluding carboxylic acids is 1. The van der Waals surface area contributed by atoms with Crippen LogP contribution in [0.1, 0.15) is 35.5 Å². The third-order valence-electron chi connectivity index (χ3n) is 4.56. The first-order valence-electron chi connectivity index (χ1n) is 9.14. The zero-order valence-corrected chi connectivity index (χ0v) is 16.2. The number of benzene rings is 2. The number of rotatable bonds is 7. The zero-order valence-electron chi connectivity index (χ0n) is 16.2. The van der Waals surface area contributed by atoms with Crippen molar-refractivity contribution in [3.05, 3.63) is 59.4 Å². The minimum absolute atomic E-state index is 0.0778. The van der Waals surface area contributed by atoms with Gasteiger partial charge in [0.25, 0.3) is 5.91 Å². The van der Waals surface area contributed by atoms with Crippen molar-refractivity contribution in [3.8, 4) is 11.5 Å². The number of hydrogen-bond acceptors (Lipinski definition) is 4. The summed E-state index contributed by atoms with van der Waals surface area (Å²) in [4.78, 5) is 14.7. The van der Waals surface area contributed by atoms with Crippen LogP contribution >= 0.6 is 0 Å². The second-order valence-corrected chi connectivity index (χ2v) is 6.31.